The molecule has 1 aromatic carbocycles. The molecule has 20 heavy (non-hydrogen) atoms. The standard InChI is InChI=1S/C17H29N3/c1-14(9-11-19(2)3)18-13-15-7-8-17-16(12-15)6-5-10-20(17)4/h7-8,12,14,18H,5-6,9-11,13H2,1-4H3. The van der Waals surface area contributed by atoms with Crippen LogP contribution in [0.25, 0.3) is 0 Å². The smallest absolute Gasteiger partial charge is 0.0396 e. The van der Waals surface area contributed by atoms with Crippen molar-refractivity contribution >= 4 is 5.69 Å². The van der Waals surface area contributed by atoms with Crippen molar-refractivity contribution < 1.29 is 0 Å². The van der Waals surface area contributed by atoms with E-state index in [0.717, 1.165) is 13.1 Å². The molecule has 1 aliphatic rings. The normalized spacial score (nSPS) is 16.4. The largest absolute Gasteiger partial charge is 0.374 e. The summed E-state index contributed by atoms with van der Waals surface area (Å²) in [6.07, 6.45) is 3.70. The lowest BCUT2D eigenvalue weighted by Gasteiger charge is -2.28. The molecule has 112 valence electrons. The summed E-state index contributed by atoms with van der Waals surface area (Å²) in [5.74, 6) is 0. The molecule has 0 radical (unpaired) electrons. The summed E-state index contributed by atoms with van der Waals surface area (Å²) < 4.78 is 0. The van der Waals surface area contributed by atoms with Gasteiger partial charge in [0.1, 0.15) is 0 Å². The van der Waals surface area contributed by atoms with Crippen molar-refractivity contribution in [2.45, 2.75) is 38.8 Å². The lowest BCUT2D eigenvalue weighted by molar-refractivity contribution is 0.365. The van der Waals surface area contributed by atoms with Gasteiger partial charge in [0.2, 0.25) is 0 Å². The maximum atomic E-state index is 3.63. The molecule has 0 spiro atoms. The lowest BCUT2D eigenvalue weighted by Crippen LogP contribution is -2.29. The zero-order valence-corrected chi connectivity index (χ0v) is 13.4. The van der Waals surface area contributed by atoms with E-state index in [2.05, 4.69) is 61.4 Å². The number of anilines is 1. The van der Waals surface area contributed by atoms with Crippen molar-refractivity contribution in [1.29, 1.82) is 0 Å². The van der Waals surface area contributed by atoms with Gasteiger partial charge in [0.15, 0.2) is 0 Å². The molecule has 0 aliphatic carbocycles. The number of nitrogens with one attached hydrogen (secondary N) is 1. The third-order valence-corrected chi connectivity index (χ3v) is 4.16. The number of hydrogen-bond donors (Lipinski definition) is 1. The minimum absolute atomic E-state index is 0.566. The van der Waals surface area contributed by atoms with Crippen LogP contribution in [0.15, 0.2) is 18.2 Å². The Morgan fingerprint density at radius 3 is 2.90 bits per heavy atom. The van der Waals surface area contributed by atoms with Gasteiger partial charge in [0, 0.05) is 31.9 Å². The Balaban J connectivity index is 1.87. The van der Waals surface area contributed by atoms with Crippen LogP contribution in [0.3, 0.4) is 0 Å². The van der Waals surface area contributed by atoms with Gasteiger partial charge in [-0.15, -0.1) is 0 Å². The minimum Gasteiger partial charge on any atom is -0.374 e. The molecule has 2 rings (SSSR count). The second-order valence-corrected chi connectivity index (χ2v) is 6.36. The molecule has 0 aromatic heterocycles. The Kier molecular flexibility index (Phi) is 5.44. The zero-order valence-electron chi connectivity index (χ0n) is 13.4. The van der Waals surface area contributed by atoms with E-state index < -0.39 is 0 Å². The highest BCUT2D eigenvalue weighted by atomic mass is 15.1. The molecular weight excluding hydrogens is 246 g/mol. The monoisotopic (exact) mass is 275 g/mol. The second kappa shape index (κ2) is 7.09. The van der Waals surface area contributed by atoms with E-state index >= 15 is 0 Å². The number of rotatable bonds is 6. The van der Waals surface area contributed by atoms with Gasteiger partial charge in [-0.1, -0.05) is 12.1 Å². The quantitative estimate of drug-likeness (QED) is 0.860. The second-order valence-electron chi connectivity index (χ2n) is 6.36. The van der Waals surface area contributed by atoms with Crippen molar-refractivity contribution in [3.05, 3.63) is 29.3 Å². The summed E-state index contributed by atoms with van der Waals surface area (Å²) in [5.41, 5.74) is 4.34. The van der Waals surface area contributed by atoms with Crippen LogP contribution >= 0.6 is 0 Å². The molecule has 1 heterocycles. The number of benzene rings is 1. The molecule has 3 nitrogen and oxygen atoms in total. The van der Waals surface area contributed by atoms with Crippen molar-refractivity contribution in [1.82, 2.24) is 10.2 Å². The Hall–Kier alpha value is -1.06. The molecule has 3 heteroatoms. The Labute approximate surface area is 124 Å². The Morgan fingerprint density at radius 2 is 2.15 bits per heavy atom. The molecule has 0 bridgehead atoms. The van der Waals surface area contributed by atoms with Gasteiger partial charge in [-0.05, 0) is 64.0 Å². The van der Waals surface area contributed by atoms with Crippen LogP contribution in [0.1, 0.15) is 30.9 Å². The van der Waals surface area contributed by atoms with Crippen LogP contribution in [0.4, 0.5) is 5.69 Å². The van der Waals surface area contributed by atoms with Gasteiger partial charge < -0.3 is 15.1 Å². The summed E-state index contributed by atoms with van der Waals surface area (Å²) in [6.45, 7) is 5.58. The van der Waals surface area contributed by atoms with E-state index in [1.165, 1.54) is 42.6 Å². The molecule has 1 unspecified atom stereocenters. The molecular formula is C17H29N3. The van der Waals surface area contributed by atoms with Crippen molar-refractivity contribution in [3.8, 4) is 0 Å². The summed E-state index contributed by atoms with van der Waals surface area (Å²) in [4.78, 5) is 4.61. The lowest BCUT2D eigenvalue weighted by atomic mass is 9.99. The van der Waals surface area contributed by atoms with Gasteiger partial charge in [-0.25, -0.2) is 0 Å². The van der Waals surface area contributed by atoms with E-state index in [-0.39, 0.29) is 0 Å². The van der Waals surface area contributed by atoms with Crippen LogP contribution in [-0.4, -0.2) is 45.2 Å². The van der Waals surface area contributed by atoms with E-state index in [1.54, 1.807) is 0 Å². The highest BCUT2D eigenvalue weighted by Crippen LogP contribution is 2.26. The molecule has 1 N–H and O–H groups in total. The predicted octanol–water partition coefficient (Wildman–Crippen LogP) is 2.50. The summed E-state index contributed by atoms with van der Waals surface area (Å²) in [7, 11) is 6.46. The average molecular weight is 275 g/mol. The van der Waals surface area contributed by atoms with Crippen molar-refractivity contribution in [3.63, 3.8) is 0 Å². The fourth-order valence-electron chi connectivity index (χ4n) is 2.79. The molecule has 0 amide bonds. The fourth-order valence-corrected chi connectivity index (χ4v) is 2.79. The third-order valence-electron chi connectivity index (χ3n) is 4.16. The first-order valence-corrected chi connectivity index (χ1v) is 7.77. The van der Waals surface area contributed by atoms with E-state index in [1.807, 2.05) is 0 Å². The van der Waals surface area contributed by atoms with E-state index in [0.29, 0.717) is 6.04 Å². The fraction of sp³-hybridized carbons (Fsp3) is 0.647. The predicted molar refractivity (Wildman–Crippen MR) is 87.5 cm³/mol. The van der Waals surface area contributed by atoms with Crippen LogP contribution in [0, 0.1) is 0 Å². The number of fused-ring (bicyclic) bond motifs is 1. The van der Waals surface area contributed by atoms with E-state index in [9.17, 15) is 0 Å². The van der Waals surface area contributed by atoms with Crippen molar-refractivity contribution in [2.75, 3.05) is 39.1 Å². The number of aryl methyl sites for hydroxylation is 1. The first kappa shape index (κ1) is 15.3. The van der Waals surface area contributed by atoms with Gasteiger partial charge in [-0.2, -0.15) is 0 Å². The van der Waals surface area contributed by atoms with Gasteiger partial charge >= 0.3 is 0 Å². The van der Waals surface area contributed by atoms with Gasteiger partial charge in [0.25, 0.3) is 0 Å². The highest BCUT2D eigenvalue weighted by Gasteiger charge is 2.13. The molecule has 0 saturated carbocycles. The molecule has 0 fully saturated rings. The summed E-state index contributed by atoms with van der Waals surface area (Å²) in [5, 5.41) is 3.63. The molecule has 1 aliphatic heterocycles. The van der Waals surface area contributed by atoms with Crippen LogP contribution in [0.5, 0.6) is 0 Å². The van der Waals surface area contributed by atoms with E-state index in [4.69, 9.17) is 0 Å². The summed E-state index contributed by atoms with van der Waals surface area (Å²) >= 11 is 0. The van der Waals surface area contributed by atoms with Crippen LogP contribution in [0.2, 0.25) is 0 Å². The van der Waals surface area contributed by atoms with Crippen LogP contribution < -0.4 is 10.2 Å². The van der Waals surface area contributed by atoms with Crippen molar-refractivity contribution in [2.24, 2.45) is 0 Å². The number of hydrogen-bond acceptors (Lipinski definition) is 3. The summed E-state index contributed by atoms with van der Waals surface area (Å²) in [6, 6.07) is 7.51. The maximum Gasteiger partial charge on any atom is 0.0396 e. The Morgan fingerprint density at radius 1 is 1.35 bits per heavy atom. The SMILES string of the molecule is CC(CCN(C)C)NCc1ccc2c(c1)CCCN2C. The average Bonchev–Trinajstić information content (AvgIpc) is 2.43. The zero-order chi connectivity index (χ0) is 14.5. The van der Waals surface area contributed by atoms with Crippen LogP contribution in [-0.2, 0) is 13.0 Å². The molecule has 1 aromatic rings. The first-order chi connectivity index (χ1) is 9.56. The Bertz CT molecular complexity index is 428. The molecule has 1 atom stereocenters. The molecule has 0 saturated heterocycles. The number of nitrogens with zero attached hydrogens (tertiary/aromatic N) is 2. The maximum absolute atomic E-state index is 3.63. The topological polar surface area (TPSA) is 18.5 Å². The first-order valence-electron chi connectivity index (χ1n) is 7.77. The van der Waals surface area contributed by atoms with Gasteiger partial charge in [0.05, 0.1) is 0 Å². The van der Waals surface area contributed by atoms with Gasteiger partial charge in [-0.3, -0.25) is 0 Å². The minimum atomic E-state index is 0.566. The third kappa shape index (κ3) is 4.22. The highest BCUT2D eigenvalue weighted by molar-refractivity contribution is 5.56.